The van der Waals surface area contributed by atoms with Gasteiger partial charge in [0, 0.05) is 41.3 Å². The van der Waals surface area contributed by atoms with Gasteiger partial charge in [0.1, 0.15) is 18.9 Å². The van der Waals surface area contributed by atoms with Crippen molar-refractivity contribution in [2.45, 2.75) is 51.0 Å². The average molecular weight is 492 g/mol. The molecule has 2 aromatic rings. The first-order valence-corrected chi connectivity index (χ1v) is 12.3. The van der Waals surface area contributed by atoms with E-state index in [0.29, 0.717) is 67.1 Å². The number of aliphatic carboxylic acids is 1. The maximum absolute atomic E-state index is 13.2. The quantitative estimate of drug-likeness (QED) is 0.581. The van der Waals surface area contributed by atoms with Crippen LogP contribution >= 0.6 is 11.6 Å². The summed E-state index contributed by atoms with van der Waals surface area (Å²) in [5, 5.41) is 9.98. The molecule has 0 saturated carbocycles. The summed E-state index contributed by atoms with van der Waals surface area (Å²) < 4.78 is 5.92. The summed E-state index contributed by atoms with van der Waals surface area (Å²) in [5.74, 6) is -1.06. The topological polar surface area (TPSA) is 83.9 Å². The lowest BCUT2D eigenvalue weighted by Crippen LogP contribution is -2.41. The highest BCUT2D eigenvalue weighted by Gasteiger charge is 2.43. The second-order valence-corrected chi connectivity index (χ2v) is 9.56. The molecule has 5 rings (SSSR count). The van der Waals surface area contributed by atoms with Crippen molar-refractivity contribution in [3.05, 3.63) is 87.2 Å². The van der Waals surface area contributed by atoms with Crippen molar-refractivity contribution in [2.75, 3.05) is 6.54 Å². The molecule has 0 atom stereocenters. The minimum absolute atomic E-state index is 0.0305. The standard InChI is InChI=1S/C28H26ClNO5/c29-19-14-18(12-13-24(19)35-16-17-6-2-1-3-7-17)26-27-20(8-4-10-22(27)31)30(15-25(33)34)21-9-5-11-23(32)28(21)26/h1-3,6-7,12-14,26H,4-5,8-11,15-16H2,(H,33,34). The molecule has 0 unspecified atom stereocenters. The predicted octanol–water partition coefficient (Wildman–Crippen LogP) is 5.42. The minimum atomic E-state index is -0.985. The number of carbonyl (C=O) groups is 3. The van der Waals surface area contributed by atoms with Gasteiger partial charge in [-0.25, -0.2) is 0 Å². The summed E-state index contributed by atoms with van der Waals surface area (Å²) in [6.45, 7) is 0.118. The Hall–Kier alpha value is -3.38. The first-order valence-electron chi connectivity index (χ1n) is 11.9. The first-order chi connectivity index (χ1) is 16.9. The lowest BCUT2D eigenvalue weighted by Gasteiger charge is -2.43. The molecule has 35 heavy (non-hydrogen) atoms. The van der Waals surface area contributed by atoms with Crippen LogP contribution in [0.2, 0.25) is 5.02 Å². The smallest absolute Gasteiger partial charge is 0.323 e. The van der Waals surface area contributed by atoms with Crippen molar-refractivity contribution in [2.24, 2.45) is 0 Å². The molecule has 0 fully saturated rings. The largest absolute Gasteiger partial charge is 0.487 e. The van der Waals surface area contributed by atoms with Crippen LogP contribution in [0.15, 0.2) is 71.1 Å². The Morgan fingerprint density at radius 3 is 2.14 bits per heavy atom. The Kier molecular flexibility index (Phi) is 6.48. The zero-order valence-corrected chi connectivity index (χ0v) is 20.0. The van der Waals surface area contributed by atoms with E-state index in [9.17, 15) is 19.5 Å². The number of allylic oxidation sites excluding steroid dienone is 4. The molecule has 3 aliphatic rings. The second kappa shape index (κ2) is 9.70. The number of carboxylic acid groups (broad SMARTS) is 1. The Labute approximate surface area is 208 Å². The van der Waals surface area contributed by atoms with E-state index < -0.39 is 11.9 Å². The molecule has 2 aromatic carbocycles. The minimum Gasteiger partial charge on any atom is -0.487 e. The van der Waals surface area contributed by atoms with Gasteiger partial charge >= 0.3 is 5.97 Å². The van der Waals surface area contributed by atoms with E-state index in [2.05, 4.69) is 0 Å². The van der Waals surface area contributed by atoms with Gasteiger partial charge < -0.3 is 14.7 Å². The summed E-state index contributed by atoms with van der Waals surface area (Å²) in [6.07, 6.45) is 3.34. The van der Waals surface area contributed by atoms with E-state index in [-0.39, 0.29) is 18.1 Å². The van der Waals surface area contributed by atoms with E-state index >= 15 is 0 Å². The molecular formula is C28H26ClNO5. The van der Waals surface area contributed by atoms with E-state index in [0.717, 1.165) is 22.5 Å². The Bertz CT molecular complexity index is 1220. The highest BCUT2D eigenvalue weighted by Crippen LogP contribution is 2.49. The fourth-order valence-electron chi connectivity index (χ4n) is 5.42. The van der Waals surface area contributed by atoms with Crippen LogP contribution in [0, 0.1) is 0 Å². The number of benzene rings is 2. The molecule has 0 aromatic heterocycles. The monoisotopic (exact) mass is 491 g/mol. The number of nitrogens with zero attached hydrogens (tertiary/aromatic N) is 1. The van der Waals surface area contributed by atoms with Crippen LogP contribution in [0.4, 0.5) is 0 Å². The SMILES string of the molecule is O=C(O)CN1C2=C(C(=O)CCC2)C(c2ccc(OCc3ccccc3)c(Cl)c2)C2=C1CCCC2=O. The molecule has 1 heterocycles. The van der Waals surface area contributed by atoms with Crippen LogP contribution in [0.3, 0.4) is 0 Å². The molecule has 6 nitrogen and oxygen atoms in total. The molecule has 0 spiro atoms. The zero-order chi connectivity index (χ0) is 24.5. The van der Waals surface area contributed by atoms with E-state index in [1.807, 2.05) is 36.4 Å². The van der Waals surface area contributed by atoms with Gasteiger partial charge in [0.2, 0.25) is 0 Å². The summed E-state index contributed by atoms with van der Waals surface area (Å²) >= 11 is 6.62. The molecule has 0 radical (unpaired) electrons. The van der Waals surface area contributed by atoms with Crippen LogP contribution in [0.5, 0.6) is 5.75 Å². The molecule has 1 aliphatic heterocycles. The third-order valence-corrected chi connectivity index (χ3v) is 7.20. The number of rotatable bonds is 6. The molecule has 7 heteroatoms. The van der Waals surface area contributed by atoms with Gasteiger partial charge in [-0.05, 0) is 48.9 Å². The van der Waals surface area contributed by atoms with Gasteiger partial charge in [-0.3, -0.25) is 14.4 Å². The molecule has 1 N–H and O–H groups in total. The maximum atomic E-state index is 13.2. The molecule has 0 saturated heterocycles. The van der Waals surface area contributed by atoms with Crippen molar-refractivity contribution in [1.29, 1.82) is 0 Å². The molecule has 0 bridgehead atoms. The van der Waals surface area contributed by atoms with Crippen LogP contribution in [-0.2, 0) is 21.0 Å². The number of carboxylic acids is 1. The van der Waals surface area contributed by atoms with Crippen molar-refractivity contribution >= 4 is 29.1 Å². The summed E-state index contributed by atoms with van der Waals surface area (Å²) in [7, 11) is 0. The Morgan fingerprint density at radius 2 is 1.57 bits per heavy atom. The summed E-state index contributed by atoms with van der Waals surface area (Å²) in [5.41, 5.74) is 4.33. The summed E-state index contributed by atoms with van der Waals surface area (Å²) in [4.78, 5) is 39.8. The Morgan fingerprint density at radius 1 is 0.943 bits per heavy atom. The third kappa shape index (κ3) is 4.50. The number of Topliss-reactive ketones (excluding diaryl/α,β-unsaturated/α-hetero) is 2. The van der Waals surface area contributed by atoms with Crippen molar-refractivity contribution in [1.82, 2.24) is 4.90 Å². The van der Waals surface area contributed by atoms with E-state index in [4.69, 9.17) is 16.3 Å². The third-order valence-electron chi connectivity index (χ3n) is 6.91. The zero-order valence-electron chi connectivity index (χ0n) is 19.3. The summed E-state index contributed by atoms with van der Waals surface area (Å²) in [6, 6.07) is 15.2. The average Bonchev–Trinajstić information content (AvgIpc) is 2.84. The first kappa shape index (κ1) is 23.4. The van der Waals surface area contributed by atoms with Crippen LogP contribution in [0.1, 0.15) is 55.6 Å². The number of carbonyl (C=O) groups excluding carboxylic acids is 2. The van der Waals surface area contributed by atoms with E-state index in [1.165, 1.54) is 0 Å². The van der Waals surface area contributed by atoms with Gasteiger partial charge in [-0.1, -0.05) is 48.0 Å². The van der Waals surface area contributed by atoms with Gasteiger partial charge in [-0.2, -0.15) is 0 Å². The van der Waals surface area contributed by atoms with Crippen LogP contribution in [0.25, 0.3) is 0 Å². The highest BCUT2D eigenvalue weighted by molar-refractivity contribution is 6.32. The Balaban J connectivity index is 1.56. The number of hydrogen-bond donors (Lipinski definition) is 1. The van der Waals surface area contributed by atoms with Gasteiger partial charge in [0.25, 0.3) is 0 Å². The van der Waals surface area contributed by atoms with Crippen molar-refractivity contribution in [3.8, 4) is 5.75 Å². The van der Waals surface area contributed by atoms with E-state index in [1.54, 1.807) is 17.0 Å². The molecular weight excluding hydrogens is 466 g/mol. The fourth-order valence-corrected chi connectivity index (χ4v) is 5.67. The normalized spacial score (nSPS) is 18.5. The van der Waals surface area contributed by atoms with Crippen molar-refractivity contribution in [3.63, 3.8) is 0 Å². The molecule has 0 amide bonds. The van der Waals surface area contributed by atoms with Gasteiger partial charge in [-0.15, -0.1) is 0 Å². The maximum Gasteiger partial charge on any atom is 0.323 e. The van der Waals surface area contributed by atoms with Crippen molar-refractivity contribution < 1.29 is 24.2 Å². The number of halogens is 1. The predicted molar refractivity (Wildman–Crippen MR) is 131 cm³/mol. The number of hydrogen-bond acceptors (Lipinski definition) is 5. The second-order valence-electron chi connectivity index (χ2n) is 9.15. The van der Waals surface area contributed by atoms with Gasteiger partial charge in [0.15, 0.2) is 11.6 Å². The van der Waals surface area contributed by atoms with Gasteiger partial charge in [0.05, 0.1) is 5.02 Å². The highest BCUT2D eigenvalue weighted by atomic mass is 35.5. The van der Waals surface area contributed by atoms with Crippen LogP contribution in [-0.4, -0.2) is 34.1 Å². The number of ether oxygens (including phenoxy) is 1. The lowest BCUT2D eigenvalue weighted by molar-refractivity contribution is -0.138. The molecule has 180 valence electrons. The lowest BCUT2D eigenvalue weighted by atomic mass is 9.71. The van der Waals surface area contributed by atoms with Crippen LogP contribution < -0.4 is 4.74 Å². The fraction of sp³-hybridized carbons (Fsp3) is 0.321. The number of ketones is 2. The molecule has 2 aliphatic carbocycles.